The normalized spacial score (nSPS) is 17.4. The van der Waals surface area contributed by atoms with Crippen LogP contribution in [0.2, 0.25) is 0 Å². The number of aromatic nitrogens is 4. The Bertz CT molecular complexity index is 1620. The van der Waals surface area contributed by atoms with E-state index in [0.29, 0.717) is 47.3 Å². The fourth-order valence-corrected chi connectivity index (χ4v) is 7.07. The number of benzene rings is 1. The van der Waals surface area contributed by atoms with Crippen LogP contribution in [0.5, 0.6) is 0 Å². The molecule has 0 bridgehead atoms. The third-order valence-corrected chi connectivity index (χ3v) is 9.68. The predicted molar refractivity (Wildman–Crippen MR) is 156 cm³/mol. The Balaban J connectivity index is 1.22. The van der Waals surface area contributed by atoms with Gasteiger partial charge in [-0.25, -0.2) is 14.4 Å². The molecule has 0 saturated carbocycles. The second-order valence-electron chi connectivity index (χ2n) is 10.4. The van der Waals surface area contributed by atoms with Crippen LogP contribution in [0.3, 0.4) is 0 Å². The van der Waals surface area contributed by atoms with E-state index in [0.717, 1.165) is 41.1 Å². The molecule has 11 nitrogen and oxygen atoms in total. The number of rotatable bonds is 8. The van der Waals surface area contributed by atoms with Gasteiger partial charge in [0.25, 0.3) is 0 Å². The molecule has 214 valence electrons. The van der Waals surface area contributed by atoms with Gasteiger partial charge in [-0.2, -0.15) is 9.78 Å². The van der Waals surface area contributed by atoms with E-state index >= 15 is 0 Å². The molecule has 2 saturated heterocycles. The number of anilines is 3. The number of hydrogen-bond acceptors (Lipinski definition) is 11. The lowest BCUT2D eigenvalue weighted by Gasteiger charge is -2.37. The average molecular weight is 596 g/mol. The molecule has 1 N–H and O–H groups in total. The van der Waals surface area contributed by atoms with Crippen LogP contribution in [-0.2, 0) is 11.2 Å². The summed E-state index contributed by atoms with van der Waals surface area (Å²) in [6.07, 6.45) is 1.22. The smallest absolute Gasteiger partial charge is 0.236 e. The van der Waals surface area contributed by atoms with Gasteiger partial charge in [0.2, 0.25) is 16.0 Å². The van der Waals surface area contributed by atoms with Gasteiger partial charge >= 0.3 is 0 Å². The van der Waals surface area contributed by atoms with Gasteiger partial charge in [0.15, 0.2) is 10.9 Å². The van der Waals surface area contributed by atoms with Crippen molar-refractivity contribution in [3.63, 3.8) is 0 Å². The highest BCUT2D eigenvalue weighted by molar-refractivity contribution is 7.20. The van der Waals surface area contributed by atoms with Crippen LogP contribution in [0.15, 0.2) is 24.3 Å². The maximum absolute atomic E-state index is 13.5. The first-order valence-electron chi connectivity index (χ1n) is 13.5. The van der Waals surface area contributed by atoms with Gasteiger partial charge in [0.05, 0.1) is 18.3 Å². The summed E-state index contributed by atoms with van der Waals surface area (Å²) >= 11 is 2.80. The highest BCUT2D eigenvalue weighted by Gasteiger charge is 2.33. The molecule has 2 aliphatic rings. The average Bonchev–Trinajstić information content (AvgIpc) is 3.73. The molecule has 6 rings (SSSR count). The minimum absolute atomic E-state index is 0.0491. The number of thiazole rings is 1. The first-order valence-corrected chi connectivity index (χ1v) is 15.1. The number of nitriles is 1. The van der Waals surface area contributed by atoms with Crippen LogP contribution in [0, 0.1) is 17.1 Å². The Kier molecular flexibility index (Phi) is 7.37. The van der Waals surface area contributed by atoms with Crippen LogP contribution in [0.25, 0.3) is 16.2 Å². The number of aliphatic hydroxyl groups is 1. The number of β-amino-alcohol motifs (C(OH)–C–C–N with tert-alkyl or cyclic N) is 1. The van der Waals surface area contributed by atoms with Gasteiger partial charge in [0.1, 0.15) is 22.5 Å². The topological polar surface area (TPSA) is 117 Å². The quantitative estimate of drug-likeness (QED) is 0.328. The second-order valence-corrected chi connectivity index (χ2v) is 12.3. The van der Waals surface area contributed by atoms with Gasteiger partial charge in [-0.05, 0) is 44.2 Å². The molecule has 0 aliphatic carbocycles. The number of hydrogen-bond donors (Lipinski definition) is 1. The standard InChI is InChI=1S/C27H30FN9O2S2/c1-4-20-24(34(3)25-31-23(21(11-29)40-25)16-5-7-17(28)8-6-16)37-26(30-20)41-27(32-37)35-10-9-18(12-35)33(2)15-22(39)36-13-19(38)14-36/h5-8,18-19,38H,4,9-10,12-15H2,1-3H3. The summed E-state index contributed by atoms with van der Waals surface area (Å²) in [5.74, 6) is 0.502. The largest absolute Gasteiger partial charge is 0.389 e. The van der Waals surface area contributed by atoms with Crippen molar-refractivity contribution in [3.05, 3.63) is 40.7 Å². The molecule has 3 aromatic heterocycles. The number of aliphatic hydroxyl groups excluding tert-OH is 1. The monoisotopic (exact) mass is 595 g/mol. The second kappa shape index (κ2) is 11.0. The van der Waals surface area contributed by atoms with Gasteiger partial charge in [0, 0.05) is 44.8 Å². The van der Waals surface area contributed by atoms with Crippen molar-refractivity contribution < 1.29 is 14.3 Å². The summed E-state index contributed by atoms with van der Waals surface area (Å²) in [6, 6.07) is 8.43. The van der Waals surface area contributed by atoms with Crippen LogP contribution in [0.1, 0.15) is 23.9 Å². The lowest BCUT2D eigenvalue weighted by Crippen LogP contribution is -2.56. The minimum Gasteiger partial charge on any atom is -0.389 e. The number of halogens is 1. The zero-order chi connectivity index (χ0) is 28.8. The SMILES string of the molecule is CCc1nc2sc(N3CCC(N(C)CC(=O)N4CC(O)C4)C3)nn2c1N(C)c1nc(-c2ccc(F)cc2)c(C#N)s1. The molecule has 14 heteroatoms. The summed E-state index contributed by atoms with van der Waals surface area (Å²) in [7, 11) is 3.87. The maximum Gasteiger partial charge on any atom is 0.236 e. The van der Waals surface area contributed by atoms with Crippen molar-refractivity contribution in [1.82, 2.24) is 29.4 Å². The van der Waals surface area contributed by atoms with Crippen molar-refractivity contribution in [2.75, 3.05) is 56.6 Å². The molecular weight excluding hydrogens is 565 g/mol. The predicted octanol–water partition coefficient (Wildman–Crippen LogP) is 2.97. The van der Waals surface area contributed by atoms with Crippen LogP contribution < -0.4 is 9.80 Å². The first kappa shape index (κ1) is 27.5. The number of carbonyl (C=O) groups excluding carboxylic acids is 1. The molecule has 4 aromatic rings. The molecule has 0 spiro atoms. The molecule has 41 heavy (non-hydrogen) atoms. The molecule has 1 unspecified atom stereocenters. The Morgan fingerprint density at radius 3 is 2.63 bits per heavy atom. The van der Waals surface area contributed by atoms with Gasteiger partial charge < -0.3 is 19.8 Å². The van der Waals surface area contributed by atoms with Crippen molar-refractivity contribution >= 4 is 49.6 Å². The lowest BCUT2D eigenvalue weighted by atomic mass is 10.1. The highest BCUT2D eigenvalue weighted by atomic mass is 32.1. The van der Waals surface area contributed by atoms with E-state index < -0.39 is 6.10 Å². The maximum atomic E-state index is 13.5. The Morgan fingerprint density at radius 2 is 1.95 bits per heavy atom. The summed E-state index contributed by atoms with van der Waals surface area (Å²) in [5, 5.41) is 25.7. The van der Waals surface area contributed by atoms with Gasteiger partial charge in [-0.3, -0.25) is 9.69 Å². The van der Waals surface area contributed by atoms with E-state index in [-0.39, 0.29) is 17.8 Å². The summed E-state index contributed by atoms with van der Waals surface area (Å²) < 4.78 is 15.3. The molecule has 1 amide bonds. The number of imidazole rings is 1. The molecule has 1 atom stereocenters. The van der Waals surface area contributed by atoms with E-state index in [1.54, 1.807) is 17.0 Å². The highest BCUT2D eigenvalue weighted by Crippen LogP contribution is 2.38. The zero-order valence-corrected chi connectivity index (χ0v) is 24.6. The van der Waals surface area contributed by atoms with E-state index in [4.69, 9.17) is 15.1 Å². The van der Waals surface area contributed by atoms with Gasteiger partial charge in [-0.15, -0.1) is 5.10 Å². The summed E-state index contributed by atoms with van der Waals surface area (Å²) in [6.45, 7) is 4.80. The van der Waals surface area contributed by atoms with Gasteiger partial charge in [-0.1, -0.05) is 29.6 Å². The summed E-state index contributed by atoms with van der Waals surface area (Å²) in [5.41, 5.74) is 2.08. The molecule has 1 aromatic carbocycles. The first-order chi connectivity index (χ1) is 19.7. The molecule has 2 aliphatic heterocycles. The number of amides is 1. The summed E-state index contributed by atoms with van der Waals surface area (Å²) in [4.78, 5) is 31.3. The van der Waals surface area contributed by atoms with E-state index in [2.05, 4.69) is 15.9 Å². The van der Waals surface area contributed by atoms with E-state index in [1.807, 2.05) is 30.4 Å². The number of fused-ring (bicyclic) bond motifs is 1. The van der Waals surface area contributed by atoms with Crippen molar-refractivity contribution in [2.45, 2.75) is 31.9 Å². The molecule has 5 heterocycles. The number of likely N-dealkylation sites (N-methyl/N-ethyl adjacent to an activating group) is 1. The fraction of sp³-hybridized carbons (Fsp3) is 0.444. The number of aryl methyl sites for hydroxylation is 1. The Hall–Kier alpha value is -3.64. The van der Waals surface area contributed by atoms with E-state index in [1.165, 1.54) is 34.8 Å². The number of carbonyl (C=O) groups is 1. The minimum atomic E-state index is -0.395. The third kappa shape index (κ3) is 5.14. The van der Waals surface area contributed by atoms with Crippen LogP contribution in [-0.4, -0.2) is 99.4 Å². The molecule has 2 fully saturated rings. The molecular formula is C27H30FN9O2S2. The van der Waals surface area contributed by atoms with Crippen LogP contribution >= 0.6 is 22.7 Å². The van der Waals surface area contributed by atoms with Crippen molar-refractivity contribution in [3.8, 4) is 17.3 Å². The van der Waals surface area contributed by atoms with Crippen molar-refractivity contribution in [1.29, 1.82) is 5.26 Å². The fourth-order valence-electron chi connectivity index (χ4n) is 5.27. The van der Waals surface area contributed by atoms with E-state index in [9.17, 15) is 19.6 Å². The number of nitrogens with zero attached hydrogens (tertiary/aromatic N) is 9. The Morgan fingerprint density at radius 1 is 1.20 bits per heavy atom. The molecule has 0 radical (unpaired) electrons. The van der Waals surface area contributed by atoms with Crippen LogP contribution in [0.4, 0.5) is 20.5 Å². The Labute approximate surface area is 244 Å². The number of likely N-dealkylation sites (tertiary alicyclic amines) is 1. The lowest BCUT2D eigenvalue weighted by molar-refractivity contribution is -0.142. The third-order valence-electron chi connectivity index (χ3n) is 7.67. The van der Waals surface area contributed by atoms with Crippen molar-refractivity contribution in [2.24, 2.45) is 0 Å². The zero-order valence-electron chi connectivity index (χ0n) is 23.0.